The molecule has 0 amide bonds. The Balaban J connectivity index is 1.64. The minimum Gasteiger partial charge on any atom is -0.394 e. The number of benzene rings is 2. The Morgan fingerprint density at radius 1 is 1.09 bits per heavy atom. The van der Waals surface area contributed by atoms with Crippen molar-refractivity contribution in [3.63, 3.8) is 0 Å². The van der Waals surface area contributed by atoms with E-state index in [9.17, 15) is 25.2 Å². The van der Waals surface area contributed by atoms with E-state index in [-0.39, 0.29) is 10.3 Å². The van der Waals surface area contributed by atoms with E-state index in [0.29, 0.717) is 26.8 Å². The summed E-state index contributed by atoms with van der Waals surface area (Å²) in [5.74, 6) is 0. The van der Waals surface area contributed by atoms with E-state index in [2.05, 4.69) is 42.2 Å². The molecule has 0 aliphatic carbocycles. The normalized spacial score (nSPS) is 25.8. The van der Waals surface area contributed by atoms with E-state index < -0.39 is 37.3 Å². The van der Waals surface area contributed by atoms with Gasteiger partial charge < -0.3 is 35.5 Å². The fourth-order valence-corrected chi connectivity index (χ4v) is 5.19. The van der Waals surface area contributed by atoms with Crippen LogP contribution in [0.25, 0.3) is 16.6 Å². The SMILES string of the molecule is O=c1c2cc(Br)cc(Br)c2[nH]c(=S)n1-c1ccc(NC2OC(CO)C(O)C(O)C2O)cc1. The standard InChI is InChI=1S/C20H19Br2N3O6S/c21-8-5-11-14(12(22)6-8)24-20(32)25(19(11)30)10-3-1-9(2-4-10)23-18-17(29)16(28)15(27)13(7-26)31-18/h1-6,13,15-18,23,26-29H,7H2,(H,24,32). The van der Waals surface area contributed by atoms with Gasteiger partial charge in [-0.1, -0.05) is 15.9 Å². The zero-order valence-electron chi connectivity index (χ0n) is 16.3. The van der Waals surface area contributed by atoms with Crippen molar-refractivity contribution in [2.24, 2.45) is 0 Å². The molecule has 1 aromatic heterocycles. The first-order chi connectivity index (χ1) is 15.2. The van der Waals surface area contributed by atoms with E-state index in [4.69, 9.17) is 17.0 Å². The summed E-state index contributed by atoms with van der Waals surface area (Å²) in [4.78, 5) is 16.2. The molecule has 0 spiro atoms. The molecule has 170 valence electrons. The van der Waals surface area contributed by atoms with Crippen LogP contribution in [0.3, 0.4) is 0 Å². The summed E-state index contributed by atoms with van der Waals surface area (Å²) in [5, 5.41) is 42.7. The number of aliphatic hydroxyl groups is 4. The van der Waals surface area contributed by atoms with Crippen molar-refractivity contribution in [3.8, 4) is 5.69 Å². The molecule has 0 bridgehead atoms. The molecule has 5 atom stereocenters. The van der Waals surface area contributed by atoms with Crippen molar-refractivity contribution in [2.45, 2.75) is 30.6 Å². The monoisotopic (exact) mass is 587 g/mol. The van der Waals surface area contributed by atoms with Crippen molar-refractivity contribution in [2.75, 3.05) is 11.9 Å². The van der Waals surface area contributed by atoms with Gasteiger partial charge in [0.1, 0.15) is 24.4 Å². The molecule has 2 aromatic carbocycles. The first kappa shape index (κ1) is 23.5. The molecule has 4 rings (SSSR count). The van der Waals surface area contributed by atoms with Crippen molar-refractivity contribution < 1.29 is 25.2 Å². The van der Waals surface area contributed by atoms with Crippen molar-refractivity contribution >= 4 is 60.7 Å². The Morgan fingerprint density at radius 3 is 2.44 bits per heavy atom. The lowest BCUT2D eigenvalue weighted by Gasteiger charge is -2.40. The highest BCUT2D eigenvalue weighted by Gasteiger charge is 2.43. The molecule has 9 nitrogen and oxygen atoms in total. The maximum Gasteiger partial charge on any atom is 0.266 e. The van der Waals surface area contributed by atoms with Gasteiger partial charge in [-0.25, -0.2) is 0 Å². The summed E-state index contributed by atoms with van der Waals surface area (Å²) in [6, 6.07) is 10.2. The number of aromatic nitrogens is 2. The molecule has 12 heteroatoms. The number of ether oxygens (including phenoxy) is 1. The van der Waals surface area contributed by atoms with Crippen LogP contribution in [0.1, 0.15) is 0 Å². The molecule has 0 saturated carbocycles. The second-order valence-corrected chi connectivity index (χ2v) is 9.48. The fraction of sp³-hybridized carbons (Fsp3) is 0.300. The third-order valence-corrected chi connectivity index (χ3v) is 6.62. The van der Waals surface area contributed by atoms with Crippen LogP contribution in [0.2, 0.25) is 0 Å². The van der Waals surface area contributed by atoms with Crippen molar-refractivity contribution in [1.82, 2.24) is 9.55 Å². The Labute approximate surface area is 203 Å². The number of nitrogens with zero attached hydrogens (tertiary/aromatic N) is 1. The molecule has 1 saturated heterocycles. The van der Waals surface area contributed by atoms with Gasteiger partial charge in [0.25, 0.3) is 5.56 Å². The predicted molar refractivity (Wildman–Crippen MR) is 128 cm³/mol. The van der Waals surface area contributed by atoms with Gasteiger partial charge in [0.2, 0.25) is 0 Å². The minimum absolute atomic E-state index is 0.222. The summed E-state index contributed by atoms with van der Waals surface area (Å²) in [6.45, 7) is -0.517. The zero-order valence-corrected chi connectivity index (χ0v) is 20.3. The smallest absolute Gasteiger partial charge is 0.266 e. The Bertz CT molecular complexity index is 1260. The van der Waals surface area contributed by atoms with Crippen LogP contribution in [0, 0.1) is 4.77 Å². The average Bonchev–Trinajstić information content (AvgIpc) is 2.76. The van der Waals surface area contributed by atoms with E-state index in [0.717, 1.165) is 4.47 Å². The van der Waals surface area contributed by atoms with Crippen LogP contribution in [-0.2, 0) is 4.74 Å². The Kier molecular flexibility index (Phi) is 6.84. The molecule has 1 aliphatic rings. The third-order valence-electron chi connectivity index (χ3n) is 5.25. The van der Waals surface area contributed by atoms with Crippen LogP contribution < -0.4 is 10.9 Å². The van der Waals surface area contributed by atoms with Crippen molar-refractivity contribution in [1.29, 1.82) is 0 Å². The summed E-state index contributed by atoms with van der Waals surface area (Å²) < 4.78 is 8.49. The summed E-state index contributed by atoms with van der Waals surface area (Å²) in [7, 11) is 0. The topological polar surface area (TPSA) is 140 Å². The fourth-order valence-electron chi connectivity index (χ4n) is 3.57. The minimum atomic E-state index is -1.48. The van der Waals surface area contributed by atoms with Crippen LogP contribution in [-0.4, -0.2) is 67.2 Å². The average molecular weight is 589 g/mol. The molecule has 0 radical (unpaired) electrons. The Hall–Kier alpha value is -1.64. The van der Waals surface area contributed by atoms with Crippen LogP contribution in [0.4, 0.5) is 5.69 Å². The number of fused-ring (bicyclic) bond motifs is 1. The van der Waals surface area contributed by atoms with Gasteiger partial charge >= 0.3 is 0 Å². The van der Waals surface area contributed by atoms with Crippen LogP contribution in [0.15, 0.2) is 50.1 Å². The molecule has 5 unspecified atom stereocenters. The molecular formula is C20H19Br2N3O6S. The number of halogens is 2. The summed E-state index contributed by atoms with van der Waals surface area (Å²) >= 11 is 12.2. The van der Waals surface area contributed by atoms with Gasteiger partial charge in [0, 0.05) is 14.6 Å². The molecule has 32 heavy (non-hydrogen) atoms. The van der Waals surface area contributed by atoms with E-state index in [1.807, 2.05) is 6.07 Å². The highest BCUT2D eigenvalue weighted by molar-refractivity contribution is 9.11. The van der Waals surface area contributed by atoms with Gasteiger partial charge in [-0.05, 0) is 64.5 Å². The molecule has 6 N–H and O–H groups in total. The zero-order chi connectivity index (χ0) is 23.2. The summed E-state index contributed by atoms with van der Waals surface area (Å²) in [6.07, 6.45) is -6.40. The molecular weight excluding hydrogens is 570 g/mol. The number of rotatable bonds is 4. The molecule has 1 fully saturated rings. The van der Waals surface area contributed by atoms with Gasteiger partial charge in [-0.2, -0.15) is 0 Å². The first-order valence-corrected chi connectivity index (χ1v) is 11.5. The van der Waals surface area contributed by atoms with Crippen molar-refractivity contribution in [3.05, 3.63) is 60.5 Å². The maximum atomic E-state index is 13.1. The number of aromatic amines is 1. The number of nitrogens with one attached hydrogen (secondary N) is 2. The number of hydrogen-bond donors (Lipinski definition) is 6. The van der Waals surface area contributed by atoms with Crippen LogP contribution in [0.5, 0.6) is 0 Å². The number of H-pyrrole nitrogens is 1. The van der Waals surface area contributed by atoms with Gasteiger partial charge in [-0.15, -0.1) is 0 Å². The number of hydrogen-bond acceptors (Lipinski definition) is 8. The molecule has 3 aromatic rings. The van der Waals surface area contributed by atoms with E-state index >= 15 is 0 Å². The first-order valence-electron chi connectivity index (χ1n) is 9.53. The quantitative estimate of drug-likeness (QED) is 0.254. The van der Waals surface area contributed by atoms with Crippen LogP contribution >= 0.6 is 44.1 Å². The lowest BCUT2D eigenvalue weighted by Crippen LogP contribution is -2.60. The van der Waals surface area contributed by atoms with Gasteiger partial charge in [0.15, 0.2) is 11.0 Å². The second kappa shape index (κ2) is 9.31. The van der Waals surface area contributed by atoms with Gasteiger partial charge in [0.05, 0.1) is 23.2 Å². The number of anilines is 1. The molecule has 2 heterocycles. The largest absolute Gasteiger partial charge is 0.394 e. The molecule has 1 aliphatic heterocycles. The summed E-state index contributed by atoms with van der Waals surface area (Å²) in [5.41, 5.74) is 1.35. The lowest BCUT2D eigenvalue weighted by atomic mass is 9.98. The highest BCUT2D eigenvalue weighted by atomic mass is 79.9. The Morgan fingerprint density at radius 2 is 1.78 bits per heavy atom. The maximum absolute atomic E-state index is 13.1. The lowest BCUT2D eigenvalue weighted by molar-refractivity contribution is -0.221. The third kappa shape index (κ3) is 4.29. The number of aliphatic hydroxyl groups excluding tert-OH is 4. The predicted octanol–water partition coefficient (Wildman–Crippen LogP) is 1.79. The van der Waals surface area contributed by atoms with E-state index in [1.165, 1.54) is 4.57 Å². The van der Waals surface area contributed by atoms with E-state index in [1.54, 1.807) is 30.3 Å². The van der Waals surface area contributed by atoms with Gasteiger partial charge in [-0.3, -0.25) is 9.36 Å². The second-order valence-electron chi connectivity index (χ2n) is 7.32. The highest BCUT2D eigenvalue weighted by Crippen LogP contribution is 2.26.